The van der Waals surface area contributed by atoms with Gasteiger partial charge in [-0.3, -0.25) is 9.48 Å². The largest absolute Gasteiger partial charge is 0.394 e. The van der Waals surface area contributed by atoms with E-state index in [1.165, 1.54) is 11.3 Å². The van der Waals surface area contributed by atoms with Crippen molar-refractivity contribution in [1.29, 1.82) is 0 Å². The zero-order chi connectivity index (χ0) is 16.4. The molecule has 0 saturated heterocycles. The zero-order valence-corrected chi connectivity index (χ0v) is 14.7. The van der Waals surface area contributed by atoms with Crippen LogP contribution < -0.4 is 5.32 Å². The van der Waals surface area contributed by atoms with Gasteiger partial charge in [0.2, 0.25) is 0 Å². The van der Waals surface area contributed by atoms with E-state index < -0.39 is 0 Å². The van der Waals surface area contributed by atoms with Crippen LogP contribution in [0.25, 0.3) is 10.2 Å². The lowest BCUT2D eigenvalue weighted by molar-refractivity contribution is 0.0912. The Morgan fingerprint density at radius 3 is 2.64 bits per heavy atom. The van der Waals surface area contributed by atoms with E-state index in [9.17, 15) is 9.90 Å². The van der Waals surface area contributed by atoms with Crippen LogP contribution in [-0.4, -0.2) is 33.4 Å². The number of aromatic nitrogens is 2. The van der Waals surface area contributed by atoms with Gasteiger partial charge in [0.25, 0.3) is 5.91 Å². The van der Waals surface area contributed by atoms with E-state index in [1.807, 2.05) is 17.8 Å². The molecule has 2 N–H and O–H groups in total. The van der Waals surface area contributed by atoms with Gasteiger partial charge in [-0.1, -0.05) is 27.7 Å². The SMILES string of the molecule is CC(C)CC(CO)NC(=O)c1cc2c(C(C)C)nn(C)c2s1. The summed E-state index contributed by atoms with van der Waals surface area (Å²) >= 11 is 1.45. The number of rotatable bonds is 6. The monoisotopic (exact) mass is 323 g/mol. The molecule has 2 aromatic heterocycles. The Labute approximate surface area is 135 Å². The highest BCUT2D eigenvalue weighted by Gasteiger charge is 2.20. The van der Waals surface area contributed by atoms with E-state index >= 15 is 0 Å². The number of carbonyl (C=O) groups is 1. The van der Waals surface area contributed by atoms with Crippen LogP contribution in [0.15, 0.2) is 6.07 Å². The molecule has 0 radical (unpaired) electrons. The Morgan fingerprint density at radius 2 is 2.09 bits per heavy atom. The quantitative estimate of drug-likeness (QED) is 0.859. The van der Waals surface area contributed by atoms with Crippen molar-refractivity contribution in [1.82, 2.24) is 15.1 Å². The van der Waals surface area contributed by atoms with Crippen molar-refractivity contribution in [3.05, 3.63) is 16.6 Å². The topological polar surface area (TPSA) is 67.2 Å². The van der Waals surface area contributed by atoms with Crippen LogP contribution in [0, 0.1) is 5.92 Å². The van der Waals surface area contributed by atoms with Gasteiger partial charge in [0.1, 0.15) is 4.83 Å². The number of aliphatic hydroxyl groups is 1. The van der Waals surface area contributed by atoms with Gasteiger partial charge in [0.05, 0.1) is 23.2 Å². The van der Waals surface area contributed by atoms with E-state index in [0.29, 0.717) is 16.7 Å². The molecule has 6 heteroatoms. The lowest BCUT2D eigenvalue weighted by atomic mass is 10.0. The molecule has 0 aliphatic rings. The molecule has 0 aromatic carbocycles. The highest BCUT2D eigenvalue weighted by Crippen LogP contribution is 2.31. The summed E-state index contributed by atoms with van der Waals surface area (Å²) in [6.07, 6.45) is 0.770. The fourth-order valence-electron chi connectivity index (χ4n) is 2.61. The summed E-state index contributed by atoms with van der Waals surface area (Å²) in [7, 11) is 1.90. The van der Waals surface area contributed by atoms with E-state index in [-0.39, 0.29) is 18.6 Å². The Balaban J connectivity index is 2.23. The van der Waals surface area contributed by atoms with E-state index in [0.717, 1.165) is 22.3 Å². The molecule has 5 nitrogen and oxygen atoms in total. The average molecular weight is 323 g/mol. The summed E-state index contributed by atoms with van der Waals surface area (Å²) in [5.41, 5.74) is 1.02. The molecule has 0 spiro atoms. The molecule has 2 rings (SSSR count). The summed E-state index contributed by atoms with van der Waals surface area (Å²) in [6, 6.07) is 1.72. The van der Waals surface area contributed by atoms with Crippen molar-refractivity contribution in [2.45, 2.75) is 46.1 Å². The Bertz CT molecular complexity index is 658. The number of nitrogens with one attached hydrogen (secondary N) is 1. The molecule has 1 amide bonds. The lowest BCUT2D eigenvalue weighted by Crippen LogP contribution is -2.38. The van der Waals surface area contributed by atoms with Crippen LogP contribution >= 0.6 is 11.3 Å². The molecule has 0 aliphatic heterocycles. The summed E-state index contributed by atoms with van der Waals surface area (Å²) in [5, 5.41) is 17.9. The van der Waals surface area contributed by atoms with Crippen LogP contribution in [-0.2, 0) is 7.05 Å². The van der Waals surface area contributed by atoms with Gasteiger partial charge in [0, 0.05) is 12.4 Å². The molecule has 22 heavy (non-hydrogen) atoms. The minimum Gasteiger partial charge on any atom is -0.394 e. The molecule has 1 atom stereocenters. The van der Waals surface area contributed by atoms with Crippen LogP contribution in [0.5, 0.6) is 0 Å². The number of nitrogens with zero attached hydrogens (tertiary/aromatic N) is 2. The van der Waals surface area contributed by atoms with E-state index in [2.05, 4.69) is 38.1 Å². The van der Waals surface area contributed by atoms with E-state index in [1.54, 1.807) is 0 Å². The van der Waals surface area contributed by atoms with Crippen molar-refractivity contribution in [2.75, 3.05) is 6.61 Å². The average Bonchev–Trinajstić information content (AvgIpc) is 2.98. The summed E-state index contributed by atoms with van der Waals surface area (Å²) in [6.45, 7) is 8.32. The van der Waals surface area contributed by atoms with Gasteiger partial charge in [-0.2, -0.15) is 5.10 Å². The zero-order valence-electron chi connectivity index (χ0n) is 13.9. The number of carbonyl (C=O) groups excluding carboxylic acids is 1. The first-order valence-electron chi connectivity index (χ1n) is 7.71. The third-order valence-electron chi connectivity index (χ3n) is 3.62. The first kappa shape index (κ1) is 17.0. The highest BCUT2D eigenvalue weighted by atomic mass is 32.1. The number of fused-ring (bicyclic) bond motifs is 1. The second-order valence-electron chi connectivity index (χ2n) is 6.48. The maximum atomic E-state index is 12.4. The number of amides is 1. The minimum absolute atomic E-state index is 0.0341. The summed E-state index contributed by atoms with van der Waals surface area (Å²) < 4.78 is 1.84. The van der Waals surface area contributed by atoms with Crippen molar-refractivity contribution in [2.24, 2.45) is 13.0 Å². The smallest absolute Gasteiger partial charge is 0.261 e. The summed E-state index contributed by atoms with van der Waals surface area (Å²) in [5.74, 6) is 0.632. The fraction of sp³-hybridized carbons (Fsp3) is 0.625. The van der Waals surface area contributed by atoms with Crippen molar-refractivity contribution < 1.29 is 9.90 Å². The van der Waals surface area contributed by atoms with Gasteiger partial charge in [-0.15, -0.1) is 11.3 Å². The lowest BCUT2D eigenvalue weighted by Gasteiger charge is -2.17. The van der Waals surface area contributed by atoms with Crippen molar-refractivity contribution in [3.8, 4) is 0 Å². The van der Waals surface area contributed by atoms with Gasteiger partial charge < -0.3 is 10.4 Å². The molecule has 0 aliphatic carbocycles. The number of aryl methyl sites for hydroxylation is 1. The molecule has 1 unspecified atom stereocenters. The number of thiophene rings is 1. The molecule has 2 heterocycles. The second kappa shape index (κ2) is 6.79. The Hall–Kier alpha value is -1.40. The van der Waals surface area contributed by atoms with Crippen molar-refractivity contribution >= 4 is 27.5 Å². The standard InChI is InChI=1S/C16H25N3O2S/c1-9(2)6-11(8-20)17-15(21)13-7-12-14(10(3)4)18-19(5)16(12)22-13/h7,9-11,20H,6,8H2,1-5H3,(H,17,21). The normalized spacial score (nSPS) is 13.3. The summed E-state index contributed by atoms with van der Waals surface area (Å²) in [4.78, 5) is 14.1. The Morgan fingerprint density at radius 1 is 1.41 bits per heavy atom. The van der Waals surface area contributed by atoms with Crippen LogP contribution in [0.2, 0.25) is 0 Å². The molecule has 122 valence electrons. The third-order valence-corrected chi connectivity index (χ3v) is 4.82. The predicted molar refractivity (Wildman–Crippen MR) is 90.5 cm³/mol. The van der Waals surface area contributed by atoms with Gasteiger partial charge >= 0.3 is 0 Å². The first-order chi connectivity index (χ1) is 10.3. The third kappa shape index (κ3) is 3.50. The van der Waals surface area contributed by atoms with Gasteiger partial charge in [-0.05, 0) is 24.3 Å². The van der Waals surface area contributed by atoms with Crippen LogP contribution in [0.4, 0.5) is 0 Å². The minimum atomic E-state index is -0.194. The number of aliphatic hydroxyl groups excluding tert-OH is 1. The molecule has 2 aromatic rings. The molecular weight excluding hydrogens is 298 g/mol. The van der Waals surface area contributed by atoms with Gasteiger partial charge in [-0.25, -0.2) is 0 Å². The predicted octanol–water partition coefficient (Wildman–Crippen LogP) is 2.90. The van der Waals surface area contributed by atoms with E-state index in [4.69, 9.17) is 0 Å². The first-order valence-corrected chi connectivity index (χ1v) is 8.53. The Kier molecular flexibility index (Phi) is 5.24. The molecule has 0 fully saturated rings. The maximum absolute atomic E-state index is 12.4. The number of hydrogen-bond acceptors (Lipinski definition) is 4. The van der Waals surface area contributed by atoms with Crippen molar-refractivity contribution in [3.63, 3.8) is 0 Å². The second-order valence-corrected chi connectivity index (χ2v) is 7.51. The molecule has 0 saturated carbocycles. The molecule has 0 bridgehead atoms. The number of hydrogen-bond donors (Lipinski definition) is 2. The fourth-order valence-corrected chi connectivity index (χ4v) is 3.59. The van der Waals surface area contributed by atoms with Gasteiger partial charge in [0.15, 0.2) is 0 Å². The molecular formula is C16H25N3O2S. The van der Waals surface area contributed by atoms with Crippen LogP contribution in [0.3, 0.4) is 0 Å². The highest BCUT2D eigenvalue weighted by molar-refractivity contribution is 7.20. The maximum Gasteiger partial charge on any atom is 0.261 e. The van der Waals surface area contributed by atoms with Crippen LogP contribution in [0.1, 0.15) is 55.4 Å².